The molecular formula is C16H13Cl2N3O4. The van der Waals surface area contributed by atoms with Gasteiger partial charge in [-0.1, -0.05) is 29.3 Å². The Morgan fingerprint density at radius 2 is 1.96 bits per heavy atom. The van der Waals surface area contributed by atoms with E-state index in [0.29, 0.717) is 10.6 Å². The van der Waals surface area contributed by atoms with Crippen LogP contribution < -0.4 is 15.5 Å². The van der Waals surface area contributed by atoms with Crippen LogP contribution in [0.3, 0.4) is 0 Å². The lowest BCUT2D eigenvalue weighted by Gasteiger charge is -2.07. The Morgan fingerprint density at radius 3 is 2.68 bits per heavy atom. The Kier molecular flexibility index (Phi) is 6.21. The van der Waals surface area contributed by atoms with Crippen LogP contribution >= 0.6 is 23.2 Å². The molecule has 0 radical (unpaired) electrons. The van der Waals surface area contributed by atoms with E-state index in [4.69, 9.17) is 27.9 Å². The van der Waals surface area contributed by atoms with Gasteiger partial charge in [-0.3, -0.25) is 9.59 Å². The number of hydrazone groups is 1. The molecule has 2 rings (SSSR count). The third kappa shape index (κ3) is 4.85. The number of hydrogen-bond donors (Lipinski definition) is 3. The maximum Gasteiger partial charge on any atom is 0.329 e. The Labute approximate surface area is 153 Å². The lowest BCUT2D eigenvalue weighted by Crippen LogP contribution is -2.32. The molecule has 0 aliphatic heterocycles. The highest BCUT2D eigenvalue weighted by Crippen LogP contribution is 2.28. The number of phenols is 1. The minimum absolute atomic E-state index is 0.141. The number of ether oxygens (including phenoxy) is 1. The van der Waals surface area contributed by atoms with E-state index in [1.54, 1.807) is 24.3 Å². The van der Waals surface area contributed by atoms with Crippen molar-refractivity contribution in [2.75, 3.05) is 12.4 Å². The van der Waals surface area contributed by atoms with Crippen molar-refractivity contribution < 1.29 is 19.4 Å². The number of para-hydroxylation sites is 1. The Hall–Kier alpha value is -2.77. The average molecular weight is 382 g/mol. The second kappa shape index (κ2) is 8.36. The fourth-order valence-corrected chi connectivity index (χ4v) is 2.13. The van der Waals surface area contributed by atoms with Crippen molar-refractivity contribution in [3.8, 4) is 11.5 Å². The molecule has 0 atom stereocenters. The molecule has 0 bridgehead atoms. The first kappa shape index (κ1) is 18.6. The molecular weight excluding hydrogens is 369 g/mol. The van der Waals surface area contributed by atoms with Gasteiger partial charge in [-0.2, -0.15) is 5.10 Å². The SMILES string of the molecule is COc1cccc(/C=N/NC(=O)C(=O)Nc2cc(Cl)ccc2Cl)c1O. The summed E-state index contributed by atoms with van der Waals surface area (Å²) < 4.78 is 4.95. The van der Waals surface area contributed by atoms with Gasteiger partial charge in [0.2, 0.25) is 0 Å². The molecule has 2 aromatic carbocycles. The largest absolute Gasteiger partial charge is 0.504 e. The van der Waals surface area contributed by atoms with Crippen LogP contribution in [0.25, 0.3) is 0 Å². The number of aromatic hydroxyl groups is 1. The molecule has 7 nitrogen and oxygen atoms in total. The minimum Gasteiger partial charge on any atom is -0.504 e. The summed E-state index contributed by atoms with van der Waals surface area (Å²) in [7, 11) is 1.41. The van der Waals surface area contributed by atoms with Gasteiger partial charge >= 0.3 is 11.8 Å². The topological polar surface area (TPSA) is 100 Å². The molecule has 0 saturated heterocycles. The predicted octanol–water partition coefficient (Wildman–Crippen LogP) is 2.80. The van der Waals surface area contributed by atoms with Gasteiger partial charge in [0, 0.05) is 10.6 Å². The van der Waals surface area contributed by atoms with Crippen LogP contribution in [0.4, 0.5) is 5.69 Å². The van der Waals surface area contributed by atoms with Crippen molar-refractivity contribution in [3.63, 3.8) is 0 Å². The number of amides is 2. The maximum absolute atomic E-state index is 11.8. The van der Waals surface area contributed by atoms with Gasteiger partial charge in [-0.05, 0) is 30.3 Å². The molecule has 0 fully saturated rings. The summed E-state index contributed by atoms with van der Waals surface area (Å²) in [6.45, 7) is 0. The summed E-state index contributed by atoms with van der Waals surface area (Å²) in [5.41, 5.74) is 2.54. The predicted molar refractivity (Wildman–Crippen MR) is 95.5 cm³/mol. The van der Waals surface area contributed by atoms with E-state index in [1.807, 2.05) is 5.43 Å². The van der Waals surface area contributed by atoms with Crippen molar-refractivity contribution in [1.29, 1.82) is 0 Å². The Bertz CT molecular complexity index is 840. The number of phenolic OH excluding ortho intramolecular Hbond substituents is 1. The van der Waals surface area contributed by atoms with E-state index < -0.39 is 11.8 Å². The van der Waals surface area contributed by atoms with Crippen LogP contribution in [-0.4, -0.2) is 30.2 Å². The van der Waals surface area contributed by atoms with E-state index in [1.165, 1.54) is 25.5 Å². The van der Waals surface area contributed by atoms with E-state index in [0.717, 1.165) is 0 Å². The number of benzene rings is 2. The molecule has 0 spiro atoms. The van der Waals surface area contributed by atoms with Gasteiger partial charge in [0.15, 0.2) is 11.5 Å². The number of halogens is 2. The van der Waals surface area contributed by atoms with Crippen LogP contribution in [0.2, 0.25) is 10.0 Å². The van der Waals surface area contributed by atoms with Gasteiger partial charge in [-0.15, -0.1) is 0 Å². The van der Waals surface area contributed by atoms with E-state index in [-0.39, 0.29) is 22.2 Å². The number of carbonyl (C=O) groups is 2. The molecule has 0 aromatic heterocycles. The van der Waals surface area contributed by atoms with Crippen molar-refractivity contribution in [2.45, 2.75) is 0 Å². The van der Waals surface area contributed by atoms with Crippen LogP contribution in [0.1, 0.15) is 5.56 Å². The zero-order chi connectivity index (χ0) is 18.4. The number of nitrogens with zero attached hydrogens (tertiary/aromatic N) is 1. The molecule has 2 amide bonds. The van der Waals surface area contributed by atoms with E-state index in [9.17, 15) is 14.7 Å². The summed E-state index contributed by atoms with van der Waals surface area (Å²) in [6, 6.07) is 9.20. The second-order valence-corrected chi connectivity index (χ2v) is 5.52. The lowest BCUT2D eigenvalue weighted by molar-refractivity contribution is -0.136. The van der Waals surface area contributed by atoms with E-state index >= 15 is 0 Å². The summed E-state index contributed by atoms with van der Waals surface area (Å²) >= 11 is 11.7. The zero-order valence-corrected chi connectivity index (χ0v) is 14.4. The Morgan fingerprint density at radius 1 is 1.20 bits per heavy atom. The first-order valence-corrected chi connectivity index (χ1v) is 7.63. The first-order chi connectivity index (χ1) is 11.9. The number of carbonyl (C=O) groups excluding carboxylic acids is 2. The minimum atomic E-state index is -1.02. The highest BCUT2D eigenvalue weighted by molar-refractivity contribution is 6.42. The number of nitrogens with one attached hydrogen (secondary N) is 2. The maximum atomic E-state index is 11.8. The lowest BCUT2D eigenvalue weighted by atomic mass is 10.2. The molecule has 25 heavy (non-hydrogen) atoms. The average Bonchev–Trinajstić information content (AvgIpc) is 2.59. The molecule has 0 unspecified atom stereocenters. The fraction of sp³-hybridized carbons (Fsp3) is 0.0625. The quantitative estimate of drug-likeness (QED) is 0.430. The molecule has 2 aromatic rings. The third-order valence-corrected chi connectivity index (χ3v) is 3.57. The smallest absolute Gasteiger partial charge is 0.329 e. The number of hydrogen-bond acceptors (Lipinski definition) is 5. The van der Waals surface area contributed by atoms with Crippen molar-refractivity contribution >= 4 is 46.9 Å². The molecule has 3 N–H and O–H groups in total. The standard InChI is InChI=1S/C16H13Cl2N3O4/c1-25-13-4-2-3-9(14(13)22)8-19-21-16(24)15(23)20-12-7-10(17)5-6-11(12)18/h2-8,22H,1H3,(H,20,23)(H,21,24)/b19-8+. The van der Waals surface area contributed by atoms with Crippen LogP contribution in [0, 0.1) is 0 Å². The van der Waals surface area contributed by atoms with Crippen molar-refractivity contribution in [1.82, 2.24) is 5.43 Å². The van der Waals surface area contributed by atoms with Crippen LogP contribution in [0.5, 0.6) is 11.5 Å². The first-order valence-electron chi connectivity index (χ1n) is 6.87. The summed E-state index contributed by atoms with van der Waals surface area (Å²) in [4.78, 5) is 23.6. The van der Waals surface area contributed by atoms with Gasteiger partial charge in [0.25, 0.3) is 0 Å². The third-order valence-electron chi connectivity index (χ3n) is 3.00. The fourth-order valence-electron chi connectivity index (χ4n) is 1.79. The van der Waals surface area contributed by atoms with Crippen molar-refractivity contribution in [2.24, 2.45) is 5.10 Å². The normalized spacial score (nSPS) is 10.5. The summed E-state index contributed by atoms with van der Waals surface area (Å²) in [6.07, 6.45) is 1.18. The highest BCUT2D eigenvalue weighted by atomic mass is 35.5. The zero-order valence-electron chi connectivity index (χ0n) is 12.9. The molecule has 0 aliphatic rings. The van der Waals surface area contributed by atoms with Gasteiger partial charge < -0.3 is 15.2 Å². The molecule has 9 heteroatoms. The number of methoxy groups -OCH3 is 1. The van der Waals surface area contributed by atoms with Gasteiger partial charge in [-0.25, -0.2) is 5.43 Å². The van der Waals surface area contributed by atoms with Gasteiger partial charge in [0.1, 0.15) is 0 Å². The highest BCUT2D eigenvalue weighted by Gasteiger charge is 2.15. The summed E-state index contributed by atoms with van der Waals surface area (Å²) in [5.74, 6) is -1.88. The number of rotatable bonds is 4. The number of anilines is 1. The van der Waals surface area contributed by atoms with Crippen LogP contribution in [0.15, 0.2) is 41.5 Å². The molecule has 0 heterocycles. The van der Waals surface area contributed by atoms with Gasteiger partial charge in [0.05, 0.1) is 24.0 Å². The molecule has 130 valence electrons. The second-order valence-electron chi connectivity index (χ2n) is 4.68. The van der Waals surface area contributed by atoms with Crippen LogP contribution in [-0.2, 0) is 9.59 Å². The Balaban J connectivity index is 2.00. The molecule has 0 saturated carbocycles. The summed E-state index contributed by atoms with van der Waals surface area (Å²) in [5, 5.41) is 16.4. The van der Waals surface area contributed by atoms with Crippen molar-refractivity contribution in [3.05, 3.63) is 52.0 Å². The van der Waals surface area contributed by atoms with E-state index in [2.05, 4.69) is 10.4 Å². The molecule has 0 aliphatic carbocycles. The monoisotopic (exact) mass is 381 g/mol.